The number of para-hydroxylation sites is 1. The van der Waals surface area contributed by atoms with Gasteiger partial charge >= 0.3 is 0 Å². The van der Waals surface area contributed by atoms with Crippen molar-refractivity contribution in [3.05, 3.63) is 39.4 Å². The second-order valence-electron chi connectivity index (χ2n) is 5.78. The van der Waals surface area contributed by atoms with Crippen molar-refractivity contribution in [3.63, 3.8) is 0 Å². The summed E-state index contributed by atoms with van der Waals surface area (Å²) in [4.78, 5) is 25.0. The predicted octanol–water partition coefficient (Wildman–Crippen LogP) is 1.94. The average molecular weight is 340 g/mol. The molecule has 1 aromatic carbocycles. The third-order valence-corrected chi connectivity index (χ3v) is 5.78. The quantitative estimate of drug-likeness (QED) is 0.603. The van der Waals surface area contributed by atoms with Crippen molar-refractivity contribution in [1.82, 2.24) is 4.90 Å². The molecule has 0 aliphatic carbocycles. The van der Waals surface area contributed by atoms with Gasteiger partial charge in [-0.25, -0.2) is 8.42 Å². The Morgan fingerprint density at radius 2 is 2.13 bits per heavy atom. The van der Waals surface area contributed by atoms with Gasteiger partial charge in [-0.1, -0.05) is 19.1 Å². The Kier molecular flexibility index (Phi) is 5.03. The van der Waals surface area contributed by atoms with Crippen LogP contribution in [0.4, 0.5) is 5.69 Å². The molecular weight excluding hydrogens is 320 g/mol. The van der Waals surface area contributed by atoms with Crippen molar-refractivity contribution >= 4 is 21.4 Å². The number of carbonyl (C=O) groups is 1. The molecule has 0 N–H and O–H groups in total. The van der Waals surface area contributed by atoms with E-state index >= 15 is 0 Å². The number of amides is 1. The highest BCUT2D eigenvalue weighted by Crippen LogP contribution is 2.27. The van der Waals surface area contributed by atoms with E-state index in [2.05, 4.69) is 0 Å². The van der Waals surface area contributed by atoms with Gasteiger partial charge in [0.05, 0.1) is 16.4 Å². The molecule has 0 radical (unpaired) electrons. The van der Waals surface area contributed by atoms with Gasteiger partial charge in [-0.15, -0.1) is 0 Å². The van der Waals surface area contributed by atoms with E-state index in [1.807, 2.05) is 6.92 Å². The SMILES string of the molecule is CCCN(C(=O)c1cccc(C)c1[N+](=O)[O-])C1CCS(=O)(=O)C1. The van der Waals surface area contributed by atoms with Crippen molar-refractivity contribution < 1.29 is 18.1 Å². The van der Waals surface area contributed by atoms with Crippen LogP contribution >= 0.6 is 0 Å². The van der Waals surface area contributed by atoms with Crippen molar-refractivity contribution in [2.24, 2.45) is 0 Å². The average Bonchev–Trinajstić information content (AvgIpc) is 2.83. The maximum atomic E-state index is 12.8. The second-order valence-corrected chi connectivity index (χ2v) is 8.01. The second kappa shape index (κ2) is 6.66. The molecule has 1 fully saturated rings. The number of rotatable bonds is 5. The summed E-state index contributed by atoms with van der Waals surface area (Å²) < 4.78 is 23.4. The van der Waals surface area contributed by atoms with Crippen molar-refractivity contribution in [2.75, 3.05) is 18.1 Å². The zero-order valence-electron chi connectivity index (χ0n) is 13.2. The Morgan fingerprint density at radius 3 is 2.65 bits per heavy atom. The minimum Gasteiger partial charge on any atom is -0.334 e. The lowest BCUT2D eigenvalue weighted by Crippen LogP contribution is -2.41. The van der Waals surface area contributed by atoms with Crippen LogP contribution in [0.3, 0.4) is 0 Å². The van der Waals surface area contributed by atoms with Crippen molar-refractivity contribution in [1.29, 1.82) is 0 Å². The highest BCUT2D eigenvalue weighted by molar-refractivity contribution is 7.91. The first-order valence-corrected chi connectivity index (χ1v) is 9.34. The van der Waals surface area contributed by atoms with Crippen LogP contribution < -0.4 is 0 Å². The van der Waals surface area contributed by atoms with E-state index in [4.69, 9.17) is 0 Å². The van der Waals surface area contributed by atoms with Gasteiger partial charge in [0.1, 0.15) is 5.56 Å². The molecular formula is C15H20N2O5S. The fraction of sp³-hybridized carbons (Fsp3) is 0.533. The summed E-state index contributed by atoms with van der Waals surface area (Å²) in [7, 11) is -3.14. The molecule has 0 aromatic heterocycles. The maximum Gasteiger partial charge on any atom is 0.285 e. The third-order valence-electron chi connectivity index (χ3n) is 4.03. The van der Waals surface area contributed by atoms with Crippen LogP contribution in [0, 0.1) is 17.0 Å². The minimum absolute atomic E-state index is 0.0211. The monoisotopic (exact) mass is 340 g/mol. The molecule has 1 unspecified atom stereocenters. The molecule has 1 aliphatic rings. The smallest absolute Gasteiger partial charge is 0.285 e. The molecule has 1 aliphatic heterocycles. The number of nitro groups is 1. The van der Waals surface area contributed by atoms with E-state index in [0.29, 0.717) is 24.9 Å². The number of aryl methyl sites for hydroxylation is 1. The summed E-state index contributed by atoms with van der Waals surface area (Å²) in [6.07, 6.45) is 1.04. The predicted molar refractivity (Wildman–Crippen MR) is 86.2 cm³/mol. The fourth-order valence-corrected chi connectivity index (χ4v) is 4.67. The highest BCUT2D eigenvalue weighted by Gasteiger charge is 2.36. The van der Waals surface area contributed by atoms with Gasteiger partial charge in [-0.2, -0.15) is 0 Å². The number of sulfone groups is 1. The summed E-state index contributed by atoms with van der Waals surface area (Å²) in [6.45, 7) is 3.84. The molecule has 1 aromatic rings. The highest BCUT2D eigenvalue weighted by atomic mass is 32.2. The van der Waals surface area contributed by atoms with E-state index < -0.39 is 26.7 Å². The van der Waals surface area contributed by atoms with Crippen LogP contribution in [0.5, 0.6) is 0 Å². The zero-order valence-corrected chi connectivity index (χ0v) is 14.0. The molecule has 0 bridgehead atoms. The van der Waals surface area contributed by atoms with Gasteiger partial charge < -0.3 is 4.90 Å². The Labute approximate surface area is 135 Å². The number of carbonyl (C=O) groups excluding carboxylic acids is 1. The largest absolute Gasteiger partial charge is 0.334 e. The molecule has 1 atom stereocenters. The number of nitro benzene ring substituents is 1. The van der Waals surface area contributed by atoms with Gasteiger partial charge in [0.25, 0.3) is 11.6 Å². The molecule has 126 valence electrons. The fourth-order valence-electron chi connectivity index (χ4n) is 2.94. The van der Waals surface area contributed by atoms with Crippen molar-refractivity contribution in [3.8, 4) is 0 Å². The summed E-state index contributed by atoms with van der Waals surface area (Å²) in [5.41, 5.74) is 0.226. The molecule has 8 heteroatoms. The van der Waals surface area contributed by atoms with Crippen LogP contribution in [0.25, 0.3) is 0 Å². The van der Waals surface area contributed by atoms with E-state index in [1.165, 1.54) is 11.0 Å². The normalized spacial score (nSPS) is 19.5. The van der Waals surface area contributed by atoms with Gasteiger partial charge in [0.15, 0.2) is 9.84 Å². The van der Waals surface area contributed by atoms with Crippen LogP contribution in [0.1, 0.15) is 35.7 Å². The lowest BCUT2D eigenvalue weighted by molar-refractivity contribution is -0.385. The number of hydrogen-bond donors (Lipinski definition) is 0. The Morgan fingerprint density at radius 1 is 1.43 bits per heavy atom. The standard InChI is InChI=1S/C15H20N2O5S/c1-3-8-16(12-7-9-23(21,22)10-12)15(18)13-6-4-5-11(2)14(13)17(19)20/h4-6,12H,3,7-10H2,1-2H3. The summed E-state index contributed by atoms with van der Waals surface area (Å²) >= 11 is 0. The summed E-state index contributed by atoms with van der Waals surface area (Å²) in [5.74, 6) is -0.483. The first-order valence-electron chi connectivity index (χ1n) is 7.52. The Balaban J connectivity index is 2.40. The minimum atomic E-state index is -3.14. The topological polar surface area (TPSA) is 97.6 Å². The van der Waals surface area contributed by atoms with Crippen LogP contribution in [0.15, 0.2) is 18.2 Å². The Bertz CT molecular complexity index is 729. The number of hydrogen-bond acceptors (Lipinski definition) is 5. The van der Waals surface area contributed by atoms with Gasteiger partial charge in [0, 0.05) is 18.2 Å². The van der Waals surface area contributed by atoms with E-state index in [-0.39, 0.29) is 22.8 Å². The van der Waals surface area contributed by atoms with E-state index in [0.717, 1.165) is 0 Å². The molecule has 0 spiro atoms. The molecule has 2 rings (SSSR count). The third kappa shape index (κ3) is 3.69. The Hall–Kier alpha value is -1.96. The van der Waals surface area contributed by atoms with Gasteiger partial charge in [-0.05, 0) is 25.8 Å². The maximum absolute atomic E-state index is 12.8. The number of benzene rings is 1. The van der Waals surface area contributed by atoms with E-state index in [1.54, 1.807) is 19.1 Å². The van der Waals surface area contributed by atoms with E-state index in [9.17, 15) is 23.3 Å². The first kappa shape index (κ1) is 17.4. The van der Waals surface area contributed by atoms with Gasteiger partial charge in [0.2, 0.25) is 0 Å². The molecule has 1 amide bonds. The summed E-state index contributed by atoms with van der Waals surface area (Å²) in [5, 5.41) is 11.3. The molecule has 0 saturated carbocycles. The molecule has 7 nitrogen and oxygen atoms in total. The van der Waals surface area contributed by atoms with Crippen LogP contribution in [-0.4, -0.2) is 48.2 Å². The lowest BCUT2D eigenvalue weighted by atomic mass is 10.1. The zero-order chi connectivity index (χ0) is 17.2. The van der Waals surface area contributed by atoms with Gasteiger partial charge in [-0.3, -0.25) is 14.9 Å². The van der Waals surface area contributed by atoms with Crippen molar-refractivity contribution in [2.45, 2.75) is 32.7 Å². The number of nitrogens with zero attached hydrogens (tertiary/aromatic N) is 2. The first-order chi connectivity index (χ1) is 10.8. The van der Waals surface area contributed by atoms with Crippen LogP contribution in [-0.2, 0) is 9.84 Å². The molecule has 1 saturated heterocycles. The molecule has 23 heavy (non-hydrogen) atoms. The lowest BCUT2D eigenvalue weighted by Gasteiger charge is -2.28. The van der Waals surface area contributed by atoms with Crippen LogP contribution in [0.2, 0.25) is 0 Å². The summed E-state index contributed by atoms with van der Waals surface area (Å²) in [6, 6.07) is 4.21. The molecule has 1 heterocycles.